The van der Waals surface area contributed by atoms with Gasteiger partial charge < -0.3 is 0 Å². The highest BCUT2D eigenvalue weighted by molar-refractivity contribution is 6.00. The summed E-state index contributed by atoms with van der Waals surface area (Å²) in [6.07, 6.45) is 0. The molecule has 12 aromatic rings. The standard InChI is InChI=1S/C75H56/c1-47-18-33-60(34-19-47)74(68-13-7-6-10-66(68)73-65(12-9-14-69(73)74)57-29-27-53-25-17-51(5)43-59(53)45-57)63-39-30-54(31-40-63)64-11-8-15-70-72(64)67-41-32-56(55-28-26-52-24-16-50(4)42-58(52)44-55)46-71(67)75(70,61-35-20-48(2)21-36-61)62-37-22-49(3)23-38-62/h6-46H,1-5H3. The molecule has 0 radical (unpaired) electrons. The molecule has 0 nitrogen and oxygen atoms in total. The normalized spacial score (nSPS) is 14.9. The Morgan fingerprint density at radius 2 is 0.573 bits per heavy atom. The molecule has 356 valence electrons. The van der Waals surface area contributed by atoms with Crippen LogP contribution in [0.3, 0.4) is 0 Å². The maximum Gasteiger partial charge on any atom is 0.0714 e. The third-order valence-electron chi connectivity index (χ3n) is 16.9. The molecule has 75 heavy (non-hydrogen) atoms. The second-order valence-corrected chi connectivity index (χ2v) is 21.6. The molecule has 0 fully saturated rings. The highest BCUT2D eigenvalue weighted by Gasteiger charge is 2.49. The molecule has 14 rings (SSSR count). The van der Waals surface area contributed by atoms with Gasteiger partial charge >= 0.3 is 0 Å². The fraction of sp³-hybridized carbons (Fsp3) is 0.0933. The molecule has 12 aromatic carbocycles. The van der Waals surface area contributed by atoms with Crippen LogP contribution in [-0.4, -0.2) is 0 Å². The highest BCUT2D eigenvalue weighted by Crippen LogP contribution is 2.61. The van der Waals surface area contributed by atoms with Crippen molar-refractivity contribution in [1.82, 2.24) is 0 Å². The Hall–Kier alpha value is -8.84. The molecule has 0 saturated heterocycles. The predicted octanol–water partition coefficient (Wildman–Crippen LogP) is 19.3. The van der Waals surface area contributed by atoms with E-state index < -0.39 is 10.8 Å². The number of hydrogen-bond acceptors (Lipinski definition) is 0. The molecule has 0 aliphatic heterocycles. The fourth-order valence-corrected chi connectivity index (χ4v) is 13.3. The zero-order valence-electron chi connectivity index (χ0n) is 43.2. The van der Waals surface area contributed by atoms with Crippen molar-refractivity contribution < 1.29 is 0 Å². The summed E-state index contributed by atoms with van der Waals surface area (Å²) in [5.74, 6) is 0. The molecular formula is C75H56. The van der Waals surface area contributed by atoms with Crippen molar-refractivity contribution in [3.8, 4) is 55.6 Å². The molecule has 1 atom stereocenters. The second-order valence-electron chi connectivity index (χ2n) is 21.6. The topological polar surface area (TPSA) is 0 Å². The predicted molar refractivity (Wildman–Crippen MR) is 316 cm³/mol. The van der Waals surface area contributed by atoms with E-state index in [2.05, 4.69) is 283 Å². The van der Waals surface area contributed by atoms with E-state index in [-0.39, 0.29) is 0 Å². The summed E-state index contributed by atoms with van der Waals surface area (Å²) in [7, 11) is 0. The average Bonchev–Trinajstić information content (AvgIpc) is 3.94. The molecule has 0 N–H and O–H groups in total. The van der Waals surface area contributed by atoms with E-state index in [0.29, 0.717) is 0 Å². The molecule has 0 heterocycles. The number of rotatable bonds is 7. The first-order valence-corrected chi connectivity index (χ1v) is 26.5. The quantitative estimate of drug-likeness (QED) is 0.149. The summed E-state index contributed by atoms with van der Waals surface area (Å²) in [6.45, 7) is 10.9. The van der Waals surface area contributed by atoms with Gasteiger partial charge in [-0.3, -0.25) is 0 Å². The van der Waals surface area contributed by atoms with Gasteiger partial charge in [0.2, 0.25) is 0 Å². The smallest absolute Gasteiger partial charge is 0.0619 e. The zero-order valence-corrected chi connectivity index (χ0v) is 43.2. The third-order valence-corrected chi connectivity index (χ3v) is 16.9. The lowest BCUT2D eigenvalue weighted by molar-refractivity contribution is 0.767. The van der Waals surface area contributed by atoms with Gasteiger partial charge in [0.05, 0.1) is 10.8 Å². The lowest BCUT2D eigenvalue weighted by Gasteiger charge is -2.34. The number of aryl methyl sites for hydroxylation is 5. The van der Waals surface area contributed by atoms with E-state index in [1.54, 1.807) is 0 Å². The molecule has 0 spiro atoms. The molecule has 0 heteroatoms. The van der Waals surface area contributed by atoms with Crippen molar-refractivity contribution in [3.05, 3.63) is 321 Å². The molecule has 0 saturated carbocycles. The van der Waals surface area contributed by atoms with E-state index in [0.717, 1.165) is 0 Å². The lowest BCUT2D eigenvalue weighted by Crippen LogP contribution is -2.28. The molecule has 0 aromatic heterocycles. The van der Waals surface area contributed by atoms with Crippen LogP contribution in [0.1, 0.15) is 72.3 Å². The van der Waals surface area contributed by atoms with Crippen LogP contribution in [0.15, 0.2) is 249 Å². The molecule has 0 amide bonds. The van der Waals surface area contributed by atoms with Gasteiger partial charge in [-0.1, -0.05) is 258 Å². The zero-order chi connectivity index (χ0) is 50.6. The van der Waals surface area contributed by atoms with Crippen molar-refractivity contribution in [2.45, 2.75) is 45.4 Å². The van der Waals surface area contributed by atoms with Crippen molar-refractivity contribution in [2.24, 2.45) is 0 Å². The minimum absolute atomic E-state index is 0.559. The molecule has 1 unspecified atom stereocenters. The minimum atomic E-state index is -0.570. The van der Waals surface area contributed by atoms with Crippen LogP contribution in [0.4, 0.5) is 0 Å². The van der Waals surface area contributed by atoms with Crippen LogP contribution in [0.5, 0.6) is 0 Å². The van der Waals surface area contributed by atoms with E-state index >= 15 is 0 Å². The summed E-state index contributed by atoms with van der Waals surface area (Å²) in [5.41, 5.74) is 28.0. The molecule has 0 bridgehead atoms. The number of hydrogen-bond donors (Lipinski definition) is 0. The van der Waals surface area contributed by atoms with E-state index in [4.69, 9.17) is 0 Å². The molecule has 2 aliphatic carbocycles. The second kappa shape index (κ2) is 17.1. The Balaban J connectivity index is 0.982. The van der Waals surface area contributed by atoms with Gasteiger partial charge in [0.1, 0.15) is 0 Å². The van der Waals surface area contributed by atoms with Gasteiger partial charge in [-0.25, -0.2) is 0 Å². The first kappa shape index (κ1) is 44.8. The highest BCUT2D eigenvalue weighted by atomic mass is 14.5. The van der Waals surface area contributed by atoms with Crippen molar-refractivity contribution in [2.75, 3.05) is 0 Å². The van der Waals surface area contributed by atoms with Crippen LogP contribution in [0.2, 0.25) is 0 Å². The van der Waals surface area contributed by atoms with Crippen LogP contribution < -0.4 is 0 Å². The van der Waals surface area contributed by atoms with Crippen LogP contribution in [0, 0.1) is 34.6 Å². The monoisotopic (exact) mass is 956 g/mol. The van der Waals surface area contributed by atoms with Crippen LogP contribution in [-0.2, 0) is 10.8 Å². The van der Waals surface area contributed by atoms with E-state index in [1.807, 2.05) is 0 Å². The fourth-order valence-electron chi connectivity index (χ4n) is 13.3. The Bertz CT molecular complexity index is 4200. The maximum atomic E-state index is 2.51. The average molecular weight is 957 g/mol. The Kier molecular flexibility index (Phi) is 10.2. The Morgan fingerprint density at radius 1 is 0.213 bits per heavy atom. The maximum absolute atomic E-state index is 2.51. The molecule has 2 aliphatic rings. The summed E-state index contributed by atoms with van der Waals surface area (Å²) in [6, 6.07) is 95.5. The number of benzene rings is 12. The SMILES string of the molecule is Cc1ccc(C2(c3ccc(-c4cccc5c4-c4ccc(-c6ccc7ccc(C)cc7c6)cc4C5(c4ccc(C)cc4)c4ccc(C)cc4)cc3)c3ccccc3-c3c(-c4ccc5ccc(C)cc5c4)cccc32)cc1. The van der Waals surface area contributed by atoms with Gasteiger partial charge in [0.25, 0.3) is 0 Å². The molecular weight excluding hydrogens is 901 g/mol. The Labute approximate surface area is 441 Å². The largest absolute Gasteiger partial charge is 0.0714 e. The van der Waals surface area contributed by atoms with Gasteiger partial charge in [0, 0.05) is 0 Å². The summed E-state index contributed by atoms with van der Waals surface area (Å²) < 4.78 is 0. The van der Waals surface area contributed by atoms with Gasteiger partial charge in [-0.05, 0) is 175 Å². The lowest BCUT2D eigenvalue weighted by atomic mass is 9.67. The van der Waals surface area contributed by atoms with Gasteiger partial charge in [0.15, 0.2) is 0 Å². The van der Waals surface area contributed by atoms with Crippen LogP contribution in [0.25, 0.3) is 77.2 Å². The minimum Gasteiger partial charge on any atom is -0.0619 e. The number of fused-ring (bicyclic) bond motifs is 8. The summed E-state index contributed by atoms with van der Waals surface area (Å²) >= 11 is 0. The van der Waals surface area contributed by atoms with Gasteiger partial charge in [-0.15, -0.1) is 0 Å². The van der Waals surface area contributed by atoms with E-state index in [9.17, 15) is 0 Å². The van der Waals surface area contributed by atoms with E-state index in [1.165, 1.54) is 150 Å². The third kappa shape index (κ3) is 6.82. The van der Waals surface area contributed by atoms with Crippen molar-refractivity contribution in [1.29, 1.82) is 0 Å². The van der Waals surface area contributed by atoms with Crippen molar-refractivity contribution in [3.63, 3.8) is 0 Å². The van der Waals surface area contributed by atoms with Crippen molar-refractivity contribution >= 4 is 21.5 Å². The first-order chi connectivity index (χ1) is 36.7. The Morgan fingerprint density at radius 3 is 1.12 bits per heavy atom. The summed E-state index contributed by atoms with van der Waals surface area (Å²) in [5, 5.41) is 5.05. The van der Waals surface area contributed by atoms with Gasteiger partial charge in [-0.2, -0.15) is 0 Å². The first-order valence-electron chi connectivity index (χ1n) is 26.5. The van der Waals surface area contributed by atoms with Crippen LogP contribution >= 0.6 is 0 Å². The summed E-state index contributed by atoms with van der Waals surface area (Å²) in [4.78, 5) is 0.